The first kappa shape index (κ1) is 25.2. The van der Waals surface area contributed by atoms with Gasteiger partial charge in [-0.3, -0.25) is 14.5 Å². The fraction of sp³-hybridized carbons (Fsp3) is 0.103. The molecule has 4 aromatic rings. The average Bonchev–Trinajstić information content (AvgIpc) is 3.16. The summed E-state index contributed by atoms with van der Waals surface area (Å²) in [6, 6.07) is 24.7. The number of carbonyl (C=O) groups excluding carboxylic acids is 2. The molecule has 4 aromatic carbocycles. The molecular weight excluding hydrogens is 529 g/mol. The van der Waals surface area contributed by atoms with Crippen molar-refractivity contribution in [2.24, 2.45) is 0 Å². The Hall–Kier alpha value is -3.45. The van der Waals surface area contributed by atoms with Gasteiger partial charge in [0, 0.05) is 5.02 Å². The van der Waals surface area contributed by atoms with Crippen molar-refractivity contribution in [1.29, 1.82) is 0 Å². The molecule has 0 spiro atoms. The zero-order valence-electron chi connectivity index (χ0n) is 19.7. The molecule has 186 valence electrons. The van der Waals surface area contributed by atoms with Crippen molar-refractivity contribution in [3.63, 3.8) is 0 Å². The number of hydrogen-bond donors (Lipinski definition) is 0. The van der Waals surface area contributed by atoms with E-state index in [0.29, 0.717) is 44.2 Å². The Labute approximate surface area is 228 Å². The lowest BCUT2D eigenvalue weighted by atomic mass is 10.1. The first-order chi connectivity index (χ1) is 17.9. The lowest BCUT2D eigenvalue weighted by molar-refractivity contribution is -0.123. The minimum atomic E-state index is -0.388. The van der Waals surface area contributed by atoms with Crippen LogP contribution in [0.2, 0.25) is 10.0 Å². The monoisotopic (exact) mass is 549 g/mol. The SMILES string of the molecule is COc1cc(/C=C2\SC(=O)N(Cc3ccccc3Cl)C2=O)cc(Cl)c1OCc1cccc2ccccc12. The molecular formula is C29H21Cl2NO4S. The largest absolute Gasteiger partial charge is 0.493 e. The summed E-state index contributed by atoms with van der Waals surface area (Å²) in [5.41, 5.74) is 2.33. The second-order valence-electron chi connectivity index (χ2n) is 8.32. The van der Waals surface area contributed by atoms with E-state index in [1.54, 1.807) is 36.4 Å². The number of carbonyl (C=O) groups is 2. The van der Waals surface area contributed by atoms with Gasteiger partial charge in [-0.1, -0.05) is 83.9 Å². The normalized spacial score (nSPS) is 14.6. The number of fused-ring (bicyclic) bond motifs is 1. The Morgan fingerprint density at radius 1 is 0.892 bits per heavy atom. The van der Waals surface area contributed by atoms with E-state index in [9.17, 15) is 9.59 Å². The summed E-state index contributed by atoms with van der Waals surface area (Å²) in [4.78, 5) is 27.0. The Bertz CT molecular complexity index is 1550. The molecule has 2 amide bonds. The maximum atomic E-state index is 13.0. The predicted octanol–water partition coefficient (Wildman–Crippen LogP) is 7.97. The molecule has 0 unspecified atom stereocenters. The van der Waals surface area contributed by atoms with E-state index in [-0.39, 0.29) is 17.7 Å². The van der Waals surface area contributed by atoms with Crippen molar-refractivity contribution in [3.05, 3.63) is 111 Å². The highest BCUT2D eigenvalue weighted by Gasteiger charge is 2.35. The first-order valence-corrected chi connectivity index (χ1v) is 13.0. The van der Waals surface area contributed by atoms with Gasteiger partial charge in [0.25, 0.3) is 11.1 Å². The van der Waals surface area contributed by atoms with Crippen LogP contribution in [0.25, 0.3) is 16.8 Å². The summed E-state index contributed by atoms with van der Waals surface area (Å²) in [7, 11) is 1.53. The minimum Gasteiger partial charge on any atom is -0.493 e. The zero-order valence-corrected chi connectivity index (χ0v) is 22.1. The Morgan fingerprint density at radius 3 is 2.43 bits per heavy atom. The third kappa shape index (κ3) is 5.32. The summed E-state index contributed by atoms with van der Waals surface area (Å²) < 4.78 is 11.6. The lowest BCUT2D eigenvalue weighted by Crippen LogP contribution is -2.27. The van der Waals surface area contributed by atoms with Crippen molar-refractivity contribution in [2.45, 2.75) is 13.2 Å². The van der Waals surface area contributed by atoms with E-state index in [1.165, 1.54) is 12.0 Å². The van der Waals surface area contributed by atoms with Crippen LogP contribution in [0.3, 0.4) is 0 Å². The number of nitrogens with zero attached hydrogens (tertiary/aromatic N) is 1. The van der Waals surface area contributed by atoms with Crippen molar-refractivity contribution in [3.8, 4) is 11.5 Å². The van der Waals surface area contributed by atoms with Gasteiger partial charge >= 0.3 is 0 Å². The van der Waals surface area contributed by atoms with Crippen LogP contribution in [0.1, 0.15) is 16.7 Å². The van der Waals surface area contributed by atoms with E-state index in [1.807, 2.05) is 30.3 Å². The topological polar surface area (TPSA) is 55.8 Å². The summed E-state index contributed by atoms with van der Waals surface area (Å²) in [6.45, 7) is 0.407. The molecule has 0 aliphatic carbocycles. The summed E-state index contributed by atoms with van der Waals surface area (Å²) in [6.07, 6.45) is 1.63. The fourth-order valence-corrected chi connectivity index (χ4v) is 5.42. The number of hydrogen-bond acceptors (Lipinski definition) is 5. The van der Waals surface area contributed by atoms with E-state index in [0.717, 1.165) is 28.1 Å². The van der Waals surface area contributed by atoms with Crippen molar-refractivity contribution < 1.29 is 19.1 Å². The minimum absolute atomic E-state index is 0.104. The average molecular weight is 550 g/mol. The van der Waals surface area contributed by atoms with Gasteiger partial charge in [0.05, 0.1) is 23.6 Å². The third-order valence-corrected chi connectivity index (χ3v) is 7.52. The molecule has 5 rings (SSSR count). The molecule has 1 heterocycles. The number of rotatable bonds is 7. The number of ether oxygens (including phenoxy) is 2. The molecule has 0 bridgehead atoms. The van der Waals surface area contributed by atoms with Crippen LogP contribution in [-0.2, 0) is 17.9 Å². The number of thioether (sulfide) groups is 1. The molecule has 1 saturated heterocycles. The quantitative estimate of drug-likeness (QED) is 0.219. The number of halogens is 2. The van der Waals surface area contributed by atoms with Gasteiger partial charge in [0.1, 0.15) is 6.61 Å². The number of benzene rings is 4. The van der Waals surface area contributed by atoms with Crippen molar-refractivity contribution in [2.75, 3.05) is 7.11 Å². The molecule has 0 radical (unpaired) electrons. The molecule has 0 atom stereocenters. The van der Waals surface area contributed by atoms with Crippen LogP contribution in [0.15, 0.2) is 83.8 Å². The molecule has 37 heavy (non-hydrogen) atoms. The van der Waals surface area contributed by atoms with Gasteiger partial charge < -0.3 is 9.47 Å². The Morgan fingerprint density at radius 2 is 1.62 bits per heavy atom. The molecule has 1 fully saturated rings. The van der Waals surface area contributed by atoms with E-state index < -0.39 is 0 Å². The summed E-state index contributed by atoms with van der Waals surface area (Å²) in [5, 5.41) is 2.70. The van der Waals surface area contributed by atoms with Gasteiger partial charge in [-0.05, 0) is 63.5 Å². The van der Waals surface area contributed by atoms with Gasteiger partial charge in [-0.2, -0.15) is 0 Å². The second kappa shape index (κ2) is 10.9. The van der Waals surface area contributed by atoms with E-state index >= 15 is 0 Å². The summed E-state index contributed by atoms with van der Waals surface area (Å²) >= 11 is 13.7. The highest BCUT2D eigenvalue weighted by molar-refractivity contribution is 8.18. The highest BCUT2D eigenvalue weighted by Crippen LogP contribution is 2.40. The smallest absolute Gasteiger partial charge is 0.293 e. The Balaban J connectivity index is 1.37. The molecule has 5 nitrogen and oxygen atoms in total. The van der Waals surface area contributed by atoms with Crippen LogP contribution in [0.5, 0.6) is 11.5 Å². The van der Waals surface area contributed by atoms with Gasteiger partial charge in [0.2, 0.25) is 0 Å². The van der Waals surface area contributed by atoms with Crippen LogP contribution < -0.4 is 9.47 Å². The second-order valence-corrected chi connectivity index (χ2v) is 10.1. The van der Waals surface area contributed by atoms with E-state index in [2.05, 4.69) is 18.2 Å². The lowest BCUT2D eigenvalue weighted by Gasteiger charge is -2.15. The first-order valence-electron chi connectivity index (χ1n) is 11.4. The number of imide groups is 1. The summed E-state index contributed by atoms with van der Waals surface area (Å²) in [5.74, 6) is 0.441. The molecule has 0 N–H and O–H groups in total. The standard InChI is InChI=1S/C29H21Cl2NO4S/c1-35-25-14-18(15-26-28(33)32(29(34)37-26)16-20-8-3-5-12-23(20)30)13-24(31)27(25)36-17-21-10-6-9-19-7-2-4-11-22(19)21/h2-15H,16-17H2,1H3/b26-15-. The maximum Gasteiger partial charge on any atom is 0.293 e. The molecule has 0 aromatic heterocycles. The van der Waals surface area contributed by atoms with Crippen LogP contribution in [0, 0.1) is 0 Å². The van der Waals surface area contributed by atoms with Gasteiger partial charge in [-0.15, -0.1) is 0 Å². The fourth-order valence-electron chi connectivity index (χ4n) is 4.12. The van der Waals surface area contributed by atoms with Crippen molar-refractivity contribution >= 4 is 63.0 Å². The van der Waals surface area contributed by atoms with Crippen LogP contribution in [0.4, 0.5) is 4.79 Å². The third-order valence-electron chi connectivity index (χ3n) is 5.96. The number of methoxy groups -OCH3 is 1. The molecule has 8 heteroatoms. The van der Waals surface area contributed by atoms with Gasteiger partial charge in [0.15, 0.2) is 11.5 Å². The maximum absolute atomic E-state index is 13.0. The Kier molecular flexibility index (Phi) is 7.42. The van der Waals surface area contributed by atoms with E-state index in [4.69, 9.17) is 32.7 Å². The van der Waals surface area contributed by atoms with Crippen LogP contribution in [-0.4, -0.2) is 23.2 Å². The molecule has 1 aliphatic heterocycles. The number of amides is 2. The van der Waals surface area contributed by atoms with Crippen LogP contribution >= 0.6 is 35.0 Å². The molecule has 0 saturated carbocycles. The van der Waals surface area contributed by atoms with Crippen molar-refractivity contribution in [1.82, 2.24) is 4.90 Å². The van der Waals surface area contributed by atoms with Gasteiger partial charge in [-0.25, -0.2) is 0 Å². The highest BCUT2D eigenvalue weighted by atomic mass is 35.5. The predicted molar refractivity (Wildman–Crippen MR) is 149 cm³/mol. The molecule has 1 aliphatic rings. The zero-order chi connectivity index (χ0) is 25.9.